The van der Waals surface area contributed by atoms with Crippen molar-refractivity contribution in [2.24, 2.45) is 0 Å². The molecule has 0 amide bonds. The molecule has 0 aliphatic carbocycles. The van der Waals surface area contributed by atoms with Crippen LogP contribution in [0.5, 0.6) is 0 Å². The van der Waals surface area contributed by atoms with Gasteiger partial charge in [0.15, 0.2) is 6.10 Å². The molecular formula is C5H4F3NO. The van der Waals surface area contributed by atoms with Gasteiger partial charge in [0, 0.05) is 0 Å². The number of nitriles is 1. The molecule has 10 heavy (non-hydrogen) atoms. The summed E-state index contributed by atoms with van der Waals surface area (Å²) in [6.07, 6.45) is -7.51. The Labute approximate surface area is 55.2 Å². The predicted octanol–water partition coefficient (Wildman–Crippen LogP) is 0.989. The van der Waals surface area contributed by atoms with Crippen LogP contribution in [0.2, 0.25) is 0 Å². The van der Waals surface area contributed by atoms with Gasteiger partial charge in [-0.25, -0.2) is 0 Å². The van der Waals surface area contributed by atoms with Gasteiger partial charge in [-0.1, -0.05) is 6.58 Å². The summed E-state index contributed by atoms with van der Waals surface area (Å²) in [5, 5.41) is 16.1. The number of aliphatic hydroxyl groups is 1. The second kappa shape index (κ2) is 2.71. The van der Waals surface area contributed by atoms with Crippen LogP contribution in [0, 0.1) is 11.3 Å². The summed E-state index contributed by atoms with van der Waals surface area (Å²) in [7, 11) is 0. The first-order valence-corrected chi connectivity index (χ1v) is 2.23. The van der Waals surface area contributed by atoms with E-state index in [1.165, 1.54) is 0 Å². The fraction of sp³-hybridized carbons (Fsp3) is 0.400. The Kier molecular flexibility index (Phi) is 2.43. The Morgan fingerprint density at radius 1 is 1.60 bits per heavy atom. The zero-order valence-corrected chi connectivity index (χ0v) is 4.81. The van der Waals surface area contributed by atoms with Gasteiger partial charge in [0.05, 0.1) is 11.6 Å². The standard InChI is InChI=1S/C5H4F3NO/c1-3(2-9)4(10)5(6,7)8/h4,10H,1H2. The molecule has 5 heteroatoms. The van der Waals surface area contributed by atoms with Gasteiger partial charge in [-0.15, -0.1) is 0 Å². The van der Waals surface area contributed by atoms with Gasteiger partial charge in [0.1, 0.15) is 0 Å². The fourth-order valence-electron chi connectivity index (χ4n) is 0.259. The van der Waals surface area contributed by atoms with Crippen LogP contribution in [-0.2, 0) is 0 Å². The molecule has 1 atom stereocenters. The zero-order chi connectivity index (χ0) is 8.36. The summed E-state index contributed by atoms with van der Waals surface area (Å²) in [4.78, 5) is 0. The lowest BCUT2D eigenvalue weighted by atomic mass is 10.2. The van der Waals surface area contributed by atoms with E-state index in [1.807, 2.05) is 0 Å². The van der Waals surface area contributed by atoms with Crippen LogP contribution in [0.15, 0.2) is 12.2 Å². The molecule has 0 bridgehead atoms. The third-order valence-corrected chi connectivity index (χ3v) is 0.784. The zero-order valence-electron chi connectivity index (χ0n) is 4.81. The van der Waals surface area contributed by atoms with Gasteiger partial charge < -0.3 is 5.11 Å². The molecule has 0 rings (SSSR count). The highest BCUT2D eigenvalue weighted by Gasteiger charge is 2.40. The molecule has 2 nitrogen and oxygen atoms in total. The highest BCUT2D eigenvalue weighted by Crippen LogP contribution is 2.23. The first-order chi connectivity index (χ1) is 4.39. The van der Waals surface area contributed by atoms with Gasteiger partial charge in [0.25, 0.3) is 0 Å². The fourth-order valence-corrected chi connectivity index (χ4v) is 0.259. The molecule has 0 fully saturated rings. The Balaban J connectivity index is 4.26. The largest absolute Gasteiger partial charge is 0.419 e. The van der Waals surface area contributed by atoms with Crippen molar-refractivity contribution in [1.82, 2.24) is 0 Å². The highest BCUT2D eigenvalue weighted by molar-refractivity contribution is 5.22. The van der Waals surface area contributed by atoms with E-state index in [0.29, 0.717) is 0 Å². The van der Waals surface area contributed by atoms with E-state index in [2.05, 4.69) is 6.58 Å². The molecule has 1 N–H and O–H groups in total. The summed E-state index contributed by atoms with van der Waals surface area (Å²) in [6, 6.07) is 1.11. The molecule has 0 aliphatic rings. The molecule has 0 saturated carbocycles. The van der Waals surface area contributed by atoms with Gasteiger partial charge in [0.2, 0.25) is 0 Å². The lowest BCUT2D eigenvalue weighted by Crippen LogP contribution is -2.29. The van der Waals surface area contributed by atoms with Crippen molar-refractivity contribution in [1.29, 1.82) is 5.26 Å². The Morgan fingerprint density at radius 3 is 2.10 bits per heavy atom. The van der Waals surface area contributed by atoms with Crippen molar-refractivity contribution in [3.63, 3.8) is 0 Å². The Morgan fingerprint density at radius 2 is 2.00 bits per heavy atom. The van der Waals surface area contributed by atoms with Gasteiger partial charge in [-0.3, -0.25) is 0 Å². The number of alkyl halides is 3. The minimum atomic E-state index is -4.78. The second-order valence-electron chi connectivity index (χ2n) is 1.58. The van der Waals surface area contributed by atoms with Gasteiger partial charge >= 0.3 is 6.18 Å². The maximum Gasteiger partial charge on any atom is 0.419 e. The summed E-state index contributed by atoms with van der Waals surface area (Å²) < 4.78 is 34.3. The molecule has 0 heterocycles. The highest BCUT2D eigenvalue weighted by atomic mass is 19.4. The lowest BCUT2D eigenvalue weighted by molar-refractivity contribution is -0.189. The Hall–Kier alpha value is -1.02. The molecule has 0 saturated heterocycles. The van der Waals surface area contributed by atoms with E-state index in [9.17, 15) is 13.2 Å². The minimum absolute atomic E-state index is 0.896. The van der Waals surface area contributed by atoms with E-state index in [0.717, 1.165) is 6.07 Å². The molecule has 0 aromatic carbocycles. The minimum Gasteiger partial charge on any atom is -0.379 e. The molecule has 0 radical (unpaired) electrons. The number of hydrogen-bond acceptors (Lipinski definition) is 2. The average molecular weight is 151 g/mol. The summed E-state index contributed by atoms with van der Waals surface area (Å²) >= 11 is 0. The maximum atomic E-state index is 11.4. The van der Waals surface area contributed by atoms with Crippen molar-refractivity contribution < 1.29 is 18.3 Å². The summed E-state index contributed by atoms with van der Waals surface area (Å²) in [6.45, 7) is 2.71. The van der Waals surface area contributed by atoms with Crippen LogP contribution in [0.4, 0.5) is 13.2 Å². The number of hydrogen-bond donors (Lipinski definition) is 1. The van der Waals surface area contributed by atoms with E-state index < -0.39 is 17.9 Å². The molecule has 0 aliphatic heterocycles. The van der Waals surface area contributed by atoms with E-state index in [1.54, 1.807) is 0 Å². The van der Waals surface area contributed by atoms with Crippen molar-refractivity contribution in [2.75, 3.05) is 0 Å². The van der Waals surface area contributed by atoms with Crippen molar-refractivity contribution in [3.8, 4) is 6.07 Å². The molecule has 1 unspecified atom stereocenters. The van der Waals surface area contributed by atoms with Gasteiger partial charge in [-0.2, -0.15) is 18.4 Å². The van der Waals surface area contributed by atoms with Crippen LogP contribution in [0.1, 0.15) is 0 Å². The van der Waals surface area contributed by atoms with E-state index in [4.69, 9.17) is 10.4 Å². The van der Waals surface area contributed by atoms with Crippen LogP contribution in [0.25, 0.3) is 0 Å². The number of nitrogens with zero attached hydrogens (tertiary/aromatic N) is 1. The van der Waals surface area contributed by atoms with Crippen LogP contribution >= 0.6 is 0 Å². The smallest absolute Gasteiger partial charge is 0.379 e. The maximum absolute atomic E-state index is 11.4. The SMILES string of the molecule is C=C(C#N)C(O)C(F)(F)F. The number of rotatable bonds is 1. The monoisotopic (exact) mass is 151 g/mol. The first-order valence-electron chi connectivity index (χ1n) is 2.23. The molecule has 0 aromatic rings. The van der Waals surface area contributed by atoms with E-state index >= 15 is 0 Å². The second-order valence-corrected chi connectivity index (χ2v) is 1.58. The molecule has 0 spiro atoms. The van der Waals surface area contributed by atoms with Crippen molar-refractivity contribution >= 4 is 0 Å². The predicted molar refractivity (Wildman–Crippen MR) is 26.8 cm³/mol. The van der Waals surface area contributed by atoms with Crippen molar-refractivity contribution in [3.05, 3.63) is 12.2 Å². The molecule has 56 valence electrons. The third kappa shape index (κ3) is 2.07. The third-order valence-electron chi connectivity index (χ3n) is 0.784. The van der Waals surface area contributed by atoms with Crippen LogP contribution in [0.3, 0.4) is 0 Å². The average Bonchev–Trinajstić information content (AvgIpc) is 1.83. The van der Waals surface area contributed by atoms with E-state index in [-0.39, 0.29) is 0 Å². The number of halogens is 3. The van der Waals surface area contributed by atoms with Crippen LogP contribution in [-0.4, -0.2) is 17.4 Å². The topological polar surface area (TPSA) is 44.0 Å². The molecule has 0 aromatic heterocycles. The first kappa shape index (κ1) is 8.98. The van der Waals surface area contributed by atoms with Crippen molar-refractivity contribution in [2.45, 2.75) is 12.3 Å². The molecular weight excluding hydrogens is 147 g/mol. The summed E-state index contributed by atoms with van der Waals surface area (Å²) in [5.74, 6) is 0. The summed E-state index contributed by atoms with van der Waals surface area (Å²) in [5.41, 5.74) is -0.896. The normalized spacial score (nSPS) is 13.9. The lowest BCUT2D eigenvalue weighted by Gasteiger charge is -2.11. The van der Waals surface area contributed by atoms with Gasteiger partial charge in [-0.05, 0) is 0 Å². The quantitative estimate of drug-likeness (QED) is 0.568. The Bertz CT molecular complexity index is 178. The number of aliphatic hydroxyl groups excluding tert-OH is 1. The van der Waals surface area contributed by atoms with Crippen LogP contribution < -0.4 is 0 Å².